The van der Waals surface area contributed by atoms with Gasteiger partial charge >= 0.3 is 5.97 Å². The molecular formula is C16H30O3. The van der Waals surface area contributed by atoms with Gasteiger partial charge in [-0.15, -0.1) is 0 Å². The SMILES string of the molecule is CCCCCCCCC=CCCCCOC(=O)CO. The van der Waals surface area contributed by atoms with E-state index in [1.165, 1.54) is 44.9 Å². The molecule has 0 unspecified atom stereocenters. The summed E-state index contributed by atoms with van der Waals surface area (Å²) < 4.78 is 4.77. The molecule has 19 heavy (non-hydrogen) atoms. The number of unbranched alkanes of at least 4 members (excludes halogenated alkanes) is 8. The van der Waals surface area contributed by atoms with E-state index < -0.39 is 12.6 Å². The predicted octanol–water partition coefficient (Wildman–Crippen LogP) is 4.00. The van der Waals surface area contributed by atoms with Gasteiger partial charge in [0.15, 0.2) is 0 Å². The summed E-state index contributed by atoms with van der Waals surface area (Å²) in [5.74, 6) is -0.529. The van der Waals surface area contributed by atoms with E-state index in [0.29, 0.717) is 6.61 Å². The van der Waals surface area contributed by atoms with Crippen molar-refractivity contribution in [2.24, 2.45) is 0 Å². The number of esters is 1. The van der Waals surface area contributed by atoms with E-state index in [0.717, 1.165) is 19.3 Å². The highest BCUT2D eigenvalue weighted by Crippen LogP contribution is 2.07. The van der Waals surface area contributed by atoms with E-state index in [9.17, 15) is 4.79 Å². The van der Waals surface area contributed by atoms with Crippen molar-refractivity contribution >= 4 is 5.97 Å². The topological polar surface area (TPSA) is 46.5 Å². The molecule has 3 heteroatoms. The minimum Gasteiger partial charge on any atom is -0.464 e. The summed E-state index contributed by atoms with van der Waals surface area (Å²) >= 11 is 0. The highest BCUT2D eigenvalue weighted by Gasteiger charge is 1.97. The zero-order valence-corrected chi connectivity index (χ0v) is 12.4. The quantitative estimate of drug-likeness (QED) is 0.312. The third-order valence-corrected chi connectivity index (χ3v) is 3.05. The van der Waals surface area contributed by atoms with Crippen molar-refractivity contribution in [3.05, 3.63) is 12.2 Å². The molecule has 0 aliphatic carbocycles. The Labute approximate surface area is 118 Å². The fourth-order valence-electron chi connectivity index (χ4n) is 1.87. The van der Waals surface area contributed by atoms with Gasteiger partial charge in [-0.2, -0.15) is 0 Å². The van der Waals surface area contributed by atoms with E-state index >= 15 is 0 Å². The van der Waals surface area contributed by atoms with Crippen LogP contribution in [0, 0.1) is 0 Å². The summed E-state index contributed by atoms with van der Waals surface area (Å²) in [5, 5.41) is 8.44. The second-order valence-corrected chi connectivity index (χ2v) is 4.90. The van der Waals surface area contributed by atoms with Crippen LogP contribution < -0.4 is 0 Å². The molecule has 0 rings (SSSR count). The van der Waals surface area contributed by atoms with E-state index in [4.69, 9.17) is 9.84 Å². The van der Waals surface area contributed by atoms with Crippen LogP contribution >= 0.6 is 0 Å². The number of carbonyl (C=O) groups is 1. The summed E-state index contributed by atoms with van der Waals surface area (Å²) in [6.45, 7) is 2.15. The maximum atomic E-state index is 10.6. The van der Waals surface area contributed by atoms with Crippen LogP contribution in [-0.2, 0) is 9.53 Å². The normalized spacial score (nSPS) is 11.1. The molecule has 0 aliphatic rings. The highest BCUT2D eigenvalue weighted by molar-refractivity contribution is 5.70. The third-order valence-electron chi connectivity index (χ3n) is 3.05. The van der Waals surface area contributed by atoms with E-state index in [1.54, 1.807) is 0 Å². The van der Waals surface area contributed by atoms with E-state index in [-0.39, 0.29) is 0 Å². The lowest BCUT2D eigenvalue weighted by atomic mass is 10.1. The molecule has 0 aromatic rings. The lowest BCUT2D eigenvalue weighted by molar-refractivity contribution is -0.146. The summed E-state index contributed by atoms with van der Waals surface area (Å²) in [6.07, 6.45) is 16.7. The summed E-state index contributed by atoms with van der Waals surface area (Å²) in [4.78, 5) is 10.6. The Morgan fingerprint density at radius 2 is 1.53 bits per heavy atom. The maximum Gasteiger partial charge on any atom is 0.331 e. The first-order valence-corrected chi connectivity index (χ1v) is 7.72. The third kappa shape index (κ3) is 15.1. The lowest BCUT2D eigenvalue weighted by Gasteiger charge is -2.01. The van der Waals surface area contributed by atoms with Crippen LogP contribution in [0.1, 0.15) is 71.1 Å². The fraction of sp³-hybridized carbons (Fsp3) is 0.812. The average molecular weight is 270 g/mol. The van der Waals surface area contributed by atoms with Gasteiger partial charge in [-0.3, -0.25) is 0 Å². The molecule has 0 aromatic carbocycles. The molecule has 0 saturated heterocycles. The molecule has 3 nitrogen and oxygen atoms in total. The molecule has 0 fully saturated rings. The second kappa shape index (κ2) is 15.2. The molecule has 1 N–H and O–H groups in total. The Morgan fingerprint density at radius 3 is 2.16 bits per heavy atom. The Bertz CT molecular complexity index is 224. The van der Waals surface area contributed by atoms with Crippen LogP contribution in [-0.4, -0.2) is 24.3 Å². The number of hydrogen-bond acceptors (Lipinski definition) is 3. The minimum absolute atomic E-state index is 0.421. The standard InChI is InChI=1S/C16H30O3/c1-2-3-4-5-6-7-8-9-10-11-12-13-14-19-16(18)15-17/h9-10,17H,2-8,11-15H2,1H3. The Kier molecular flexibility index (Phi) is 14.6. The van der Waals surface area contributed by atoms with E-state index in [1.807, 2.05) is 0 Å². The van der Waals surface area contributed by atoms with Crippen LogP contribution in [0.15, 0.2) is 12.2 Å². The van der Waals surface area contributed by atoms with Crippen molar-refractivity contribution < 1.29 is 14.6 Å². The van der Waals surface area contributed by atoms with Gasteiger partial charge in [0.2, 0.25) is 0 Å². The van der Waals surface area contributed by atoms with Crippen LogP contribution in [0.5, 0.6) is 0 Å². The Hall–Kier alpha value is -0.830. The minimum atomic E-state index is -0.529. The van der Waals surface area contributed by atoms with Gasteiger partial charge in [0.05, 0.1) is 6.61 Å². The first-order valence-electron chi connectivity index (χ1n) is 7.72. The van der Waals surface area contributed by atoms with Gasteiger partial charge in [0, 0.05) is 0 Å². The number of aliphatic hydroxyl groups is 1. The van der Waals surface area contributed by atoms with Crippen molar-refractivity contribution in [3.63, 3.8) is 0 Å². The Morgan fingerprint density at radius 1 is 0.947 bits per heavy atom. The predicted molar refractivity (Wildman–Crippen MR) is 79.0 cm³/mol. The van der Waals surface area contributed by atoms with Gasteiger partial charge in [-0.25, -0.2) is 4.79 Å². The molecule has 0 atom stereocenters. The molecule has 0 heterocycles. The van der Waals surface area contributed by atoms with Crippen LogP contribution in [0.4, 0.5) is 0 Å². The first kappa shape index (κ1) is 18.2. The number of aliphatic hydroxyl groups excluding tert-OH is 1. The van der Waals surface area contributed by atoms with Crippen molar-refractivity contribution in [2.75, 3.05) is 13.2 Å². The van der Waals surface area contributed by atoms with Gasteiger partial charge in [-0.1, -0.05) is 51.2 Å². The number of allylic oxidation sites excluding steroid dienone is 2. The molecule has 0 amide bonds. The van der Waals surface area contributed by atoms with Crippen molar-refractivity contribution in [2.45, 2.75) is 71.1 Å². The summed E-state index contributed by atoms with van der Waals surface area (Å²) in [6, 6.07) is 0. The zero-order chi connectivity index (χ0) is 14.2. The molecule has 0 bridgehead atoms. The summed E-state index contributed by atoms with van der Waals surface area (Å²) in [7, 11) is 0. The van der Waals surface area contributed by atoms with Crippen LogP contribution in [0.25, 0.3) is 0 Å². The molecular weight excluding hydrogens is 240 g/mol. The van der Waals surface area contributed by atoms with Gasteiger partial charge in [-0.05, 0) is 32.1 Å². The number of rotatable bonds is 13. The van der Waals surface area contributed by atoms with Gasteiger partial charge in [0.1, 0.15) is 6.61 Å². The molecule has 0 radical (unpaired) electrons. The number of hydrogen-bond donors (Lipinski definition) is 1. The molecule has 0 saturated carbocycles. The van der Waals surface area contributed by atoms with Crippen LogP contribution in [0.3, 0.4) is 0 Å². The van der Waals surface area contributed by atoms with Gasteiger partial charge in [0.25, 0.3) is 0 Å². The average Bonchev–Trinajstić information content (AvgIpc) is 2.43. The van der Waals surface area contributed by atoms with Crippen molar-refractivity contribution in [1.29, 1.82) is 0 Å². The first-order chi connectivity index (χ1) is 9.31. The smallest absolute Gasteiger partial charge is 0.331 e. The van der Waals surface area contributed by atoms with E-state index in [2.05, 4.69) is 19.1 Å². The number of carbonyl (C=O) groups excluding carboxylic acids is 1. The monoisotopic (exact) mass is 270 g/mol. The van der Waals surface area contributed by atoms with Crippen molar-refractivity contribution in [1.82, 2.24) is 0 Å². The molecule has 0 aliphatic heterocycles. The largest absolute Gasteiger partial charge is 0.464 e. The number of ether oxygens (including phenoxy) is 1. The van der Waals surface area contributed by atoms with Crippen LogP contribution in [0.2, 0.25) is 0 Å². The fourth-order valence-corrected chi connectivity index (χ4v) is 1.87. The lowest BCUT2D eigenvalue weighted by Crippen LogP contribution is -2.09. The zero-order valence-electron chi connectivity index (χ0n) is 12.4. The van der Waals surface area contributed by atoms with Crippen molar-refractivity contribution in [3.8, 4) is 0 Å². The second-order valence-electron chi connectivity index (χ2n) is 4.90. The molecule has 112 valence electrons. The van der Waals surface area contributed by atoms with Gasteiger partial charge < -0.3 is 9.84 Å². The molecule has 0 spiro atoms. The molecule has 0 aromatic heterocycles. The highest BCUT2D eigenvalue weighted by atomic mass is 16.5. The maximum absolute atomic E-state index is 10.6. The Balaban J connectivity index is 3.11. The summed E-state index contributed by atoms with van der Waals surface area (Å²) in [5.41, 5.74) is 0.